The van der Waals surface area contributed by atoms with Crippen LogP contribution in [0.15, 0.2) is 76.6 Å². The topological polar surface area (TPSA) is 113 Å². The Kier molecular flexibility index (Phi) is 6.99. The molecule has 6 rings (SSSR count). The number of aliphatic hydroxyl groups is 1. The monoisotopic (exact) mass is 591 g/mol. The molecule has 0 spiro atoms. The molecule has 8 nitrogen and oxygen atoms in total. The Labute approximate surface area is 242 Å². The summed E-state index contributed by atoms with van der Waals surface area (Å²) in [6.07, 6.45) is 0.674. The fraction of sp³-hybridized carbons (Fsp3) is 0.172. The first-order valence-electron chi connectivity index (χ1n) is 12.4. The molecule has 0 aliphatic carbocycles. The quantitative estimate of drug-likeness (QED) is 0.0904. The van der Waals surface area contributed by atoms with Crippen LogP contribution in [0.1, 0.15) is 35.2 Å². The molecule has 1 aromatic heterocycles. The lowest BCUT2D eigenvalue weighted by molar-refractivity contribution is -0.132. The number of carbonyl (C=O) groups is 2. The van der Waals surface area contributed by atoms with Crippen LogP contribution in [0.5, 0.6) is 11.5 Å². The minimum absolute atomic E-state index is 0.00709. The number of anilines is 1. The lowest BCUT2D eigenvalue weighted by Crippen LogP contribution is -2.29. The van der Waals surface area contributed by atoms with Crippen LogP contribution in [0.4, 0.5) is 5.13 Å². The van der Waals surface area contributed by atoms with Gasteiger partial charge in [0.2, 0.25) is 5.13 Å². The Bertz CT molecular complexity index is 1690. The number of rotatable bonds is 6. The summed E-state index contributed by atoms with van der Waals surface area (Å²) >= 11 is 8.84. The first-order chi connectivity index (χ1) is 19.3. The molecular formula is C29H22ClN3O5S2. The molecule has 40 heavy (non-hydrogen) atoms. The van der Waals surface area contributed by atoms with Gasteiger partial charge in [0.05, 0.1) is 11.6 Å². The number of benzene rings is 3. The van der Waals surface area contributed by atoms with Gasteiger partial charge in [0, 0.05) is 22.8 Å². The van der Waals surface area contributed by atoms with E-state index in [0.29, 0.717) is 32.7 Å². The summed E-state index contributed by atoms with van der Waals surface area (Å²) in [4.78, 5) is 28.1. The number of halogens is 1. The minimum Gasteiger partial charge on any atom is -0.508 e. The molecule has 2 atom stereocenters. The molecule has 2 aliphatic rings. The summed E-state index contributed by atoms with van der Waals surface area (Å²) in [6.45, 7) is 1.95. The van der Waals surface area contributed by atoms with Crippen molar-refractivity contribution in [2.45, 2.75) is 35.6 Å². The van der Waals surface area contributed by atoms with Gasteiger partial charge in [0.15, 0.2) is 4.34 Å². The van der Waals surface area contributed by atoms with Crippen molar-refractivity contribution in [1.29, 1.82) is 0 Å². The number of amides is 1. The number of fused-ring (bicyclic) bond motifs is 1. The number of aliphatic hydroxyl groups excluding tert-OH is 1. The molecule has 3 aromatic carbocycles. The van der Waals surface area contributed by atoms with Crippen molar-refractivity contribution in [3.8, 4) is 11.5 Å². The van der Waals surface area contributed by atoms with Crippen LogP contribution >= 0.6 is 34.7 Å². The summed E-state index contributed by atoms with van der Waals surface area (Å²) in [5.74, 6) is -0.772. The van der Waals surface area contributed by atoms with Gasteiger partial charge in [-0.25, -0.2) is 0 Å². The van der Waals surface area contributed by atoms with Gasteiger partial charge in [0.25, 0.3) is 5.78 Å². The highest BCUT2D eigenvalue weighted by atomic mass is 35.5. The SMILES string of the molecule is C[C@@H]1Cc2cc(C(O)=C3C(=O)C(=O)N(c4nnc(SCc5ccccc5Cl)s4)[C@H]3c3cccc(O)c3)ccc2O1. The van der Waals surface area contributed by atoms with Crippen molar-refractivity contribution in [3.63, 3.8) is 0 Å². The number of Topliss-reactive ketones (excluding diaryl/α,β-unsaturated/α-hetero) is 1. The molecule has 0 bridgehead atoms. The number of carbonyl (C=O) groups excluding carboxylic acids is 2. The van der Waals surface area contributed by atoms with E-state index < -0.39 is 17.7 Å². The Morgan fingerprint density at radius 3 is 2.75 bits per heavy atom. The molecule has 11 heteroatoms. The fourth-order valence-corrected chi connectivity index (χ4v) is 7.03. The van der Waals surface area contributed by atoms with Crippen LogP contribution in [-0.4, -0.2) is 38.2 Å². The van der Waals surface area contributed by atoms with Crippen LogP contribution in [0.3, 0.4) is 0 Å². The predicted molar refractivity (Wildman–Crippen MR) is 154 cm³/mol. The van der Waals surface area contributed by atoms with Crippen LogP contribution < -0.4 is 9.64 Å². The van der Waals surface area contributed by atoms with Crippen LogP contribution in [0.25, 0.3) is 5.76 Å². The van der Waals surface area contributed by atoms with E-state index in [0.717, 1.165) is 28.2 Å². The van der Waals surface area contributed by atoms with E-state index in [1.54, 1.807) is 30.3 Å². The zero-order valence-corrected chi connectivity index (χ0v) is 23.5. The number of hydrogen-bond donors (Lipinski definition) is 2. The van der Waals surface area contributed by atoms with Gasteiger partial charge in [-0.05, 0) is 60.0 Å². The summed E-state index contributed by atoms with van der Waals surface area (Å²) in [5, 5.41) is 30.9. The first-order valence-corrected chi connectivity index (χ1v) is 14.6. The molecule has 3 heterocycles. The number of phenolic OH excluding ortho intramolecular Hbond substituents is 1. The number of thioether (sulfide) groups is 1. The number of ether oxygens (including phenoxy) is 1. The number of aromatic hydroxyl groups is 1. The second kappa shape index (κ2) is 10.6. The van der Waals surface area contributed by atoms with Crippen molar-refractivity contribution < 1.29 is 24.5 Å². The molecular weight excluding hydrogens is 570 g/mol. The Balaban J connectivity index is 1.39. The van der Waals surface area contributed by atoms with Gasteiger partial charge in [-0.1, -0.05) is 65.0 Å². The highest BCUT2D eigenvalue weighted by Crippen LogP contribution is 2.45. The maximum Gasteiger partial charge on any atom is 0.301 e. The summed E-state index contributed by atoms with van der Waals surface area (Å²) in [5.41, 5.74) is 2.58. The molecule has 2 aliphatic heterocycles. The molecule has 1 amide bonds. The minimum atomic E-state index is -1.02. The predicted octanol–water partition coefficient (Wildman–Crippen LogP) is 6.14. The molecule has 0 saturated carbocycles. The van der Waals surface area contributed by atoms with E-state index >= 15 is 0 Å². The molecule has 0 unspecified atom stereocenters. The normalized spacial score (nSPS) is 19.6. The zero-order chi connectivity index (χ0) is 28.0. The van der Waals surface area contributed by atoms with Gasteiger partial charge < -0.3 is 14.9 Å². The van der Waals surface area contributed by atoms with E-state index in [9.17, 15) is 19.8 Å². The molecule has 2 N–H and O–H groups in total. The van der Waals surface area contributed by atoms with Crippen molar-refractivity contribution >= 4 is 57.3 Å². The number of ketones is 1. The second-order valence-corrected chi connectivity index (χ2v) is 12.0. The average molecular weight is 592 g/mol. The standard InChI is InChI=1S/C29H22ClN3O5S2/c1-15-11-19-12-17(9-10-22(19)38-15)25(35)23-24(16-6-4-7-20(34)13-16)33(27(37)26(23)36)28-31-32-29(40-28)39-14-18-5-2-3-8-21(18)30/h2-10,12-13,15,24,34-35H,11,14H2,1H3/t15-,24+/m1/s1. The third kappa shape index (κ3) is 4.83. The van der Waals surface area contributed by atoms with Crippen LogP contribution in [-0.2, 0) is 21.8 Å². The van der Waals surface area contributed by atoms with Crippen molar-refractivity contribution in [3.05, 3.63) is 99.6 Å². The third-order valence-corrected chi connectivity index (χ3v) is 9.18. The van der Waals surface area contributed by atoms with E-state index in [-0.39, 0.29) is 28.3 Å². The van der Waals surface area contributed by atoms with Crippen molar-refractivity contribution in [1.82, 2.24) is 10.2 Å². The molecule has 4 aromatic rings. The second-order valence-electron chi connectivity index (χ2n) is 9.45. The van der Waals surface area contributed by atoms with Crippen LogP contribution in [0, 0.1) is 0 Å². The first kappa shape index (κ1) is 26.4. The fourth-order valence-electron chi connectivity index (χ4n) is 4.88. The highest BCUT2D eigenvalue weighted by molar-refractivity contribution is 8.00. The smallest absolute Gasteiger partial charge is 0.301 e. The van der Waals surface area contributed by atoms with Gasteiger partial charge in [-0.2, -0.15) is 0 Å². The largest absolute Gasteiger partial charge is 0.508 e. The van der Waals surface area contributed by atoms with Crippen molar-refractivity contribution in [2.24, 2.45) is 0 Å². The number of aromatic nitrogens is 2. The summed E-state index contributed by atoms with van der Waals surface area (Å²) in [7, 11) is 0. The van der Waals surface area contributed by atoms with Gasteiger partial charge in [-0.15, -0.1) is 10.2 Å². The average Bonchev–Trinajstić information content (AvgIpc) is 3.63. The maximum atomic E-state index is 13.5. The number of nitrogens with zero attached hydrogens (tertiary/aromatic N) is 3. The lowest BCUT2D eigenvalue weighted by atomic mass is 9.94. The van der Waals surface area contributed by atoms with E-state index in [2.05, 4.69) is 10.2 Å². The molecule has 1 saturated heterocycles. The van der Waals surface area contributed by atoms with E-state index in [1.807, 2.05) is 31.2 Å². The Morgan fingerprint density at radius 1 is 1.12 bits per heavy atom. The zero-order valence-electron chi connectivity index (χ0n) is 21.1. The molecule has 1 fully saturated rings. The van der Waals surface area contributed by atoms with Gasteiger partial charge in [-0.3, -0.25) is 14.5 Å². The number of phenols is 1. The van der Waals surface area contributed by atoms with Gasteiger partial charge in [0.1, 0.15) is 23.4 Å². The van der Waals surface area contributed by atoms with Crippen molar-refractivity contribution in [2.75, 3.05) is 4.90 Å². The summed E-state index contributed by atoms with van der Waals surface area (Å²) < 4.78 is 6.35. The van der Waals surface area contributed by atoms with Crippen LogP contribution in [0.2, 0.25) is 5.02 Å². The lowest BCUT2D eigenvalue weighted by Gasteiger charge is -2.22. The highest BCUT2D eigenvalue weighted by Gasteiger charge is 2.48. The third-order valence-electron chi connectivity index (χ3n) is 6.71. The van der Waals surface area contributed by atoms with E-state index in [1.165, 1.54) is 28.8 Å². The Morgan fingerprint density at radius 2 is 1.95 bits per heavy atom. The van der Waals surface area contributed by atoms with E-state index in [4.69, 9.17) is 16.3 Å². The molecule has 202 valence electrons. The molecule has 0 radical (unpaired) electrons. The Hall–Kier alpha value is -3.86. The summed E-state index contributed by atoms with van der Waals surface area (Å²) in [6, 6.07) is 17.9. The number of hydrogen-bond acceptors (Lipinski definition) is 9. The maximum absolute atomic E-state index is 13.5. The van der Waals surface area contributed by atoms with Gasteiger partial charge >= 0.3 is 5.91 Å².